The summed E-state index contributed by atoms with van der Waals surface area (Å²) >= 11 is 0. The third-order valence-corrected chi connectivity index (χ3v) is 4.44. The molecule has 1 aromatic rings. The van der Waals surface area contributed by atoms with Gasteiger partial charge in [0.05, 0.1) is 12.6 Å². The average molecular weight is 259 g/mol. The van der Waals surface area contributed by atoms with E-state index in [-0.39, 0.29) is 5.71 Å². The Bertz CT molecular complexity index is 547. The zero-order chi connectivity index (χ0) is 13.5. The molecule has 100 valence electrons. The maximum atomic E-state index is 11.4. The Balaban J connectivity index is 2.08. The first-order valence-corrected chi connectivity index (χ1v) is 6.92. The van der Waals surface area contributed by atoms with Crippen LogP contribution in [0.3, 0.4) is 0 Å². The molecule has 1 saturated carbocycles. The van der Waals surface area contributed by atoms with Gasteiger partial charge in [-0.3, -0.25) is 0 Å². The molecule has 19 heavy (non-hydrogen) atoms. The number of rotatable bonds is 2. The van der Waals surface area contributed by atoms with Gasteiger partial charge in [0.25, 0.3) is 0 Å². The molecule has 0 aromatic heterocycles. The Morgan fingerprint density at radius 2 is 1.95 bits per heavy atom. The highest BCUT2D eigenvalue weighted by Crippen LogP contribution is 2.39. The molecule has 0 spiro atoms. The number of carboxylic acids is 1. The van der Waals surface area contributed by atoms with Gasteiger partial charge >= 0.3 is 5.97 Å². The first-order valence-electron chi connectivity index (χ1n) is 6.92. The van der Waals surface area contributed by atoms with Crippen molar-refractivity contribution < 1.29 is 9.90 Å². The van der Waals surface area contributed by atoms with Gasteiger partial charge in [-0.25, -0.2) is 4.79 Å². The molecule has 1 aliphatic heterocycles. The van der Waals surface area contributed by atoms with Gasteiger partial charge in [-0.1, -0.05) is 23.7 Å². The number of hydrogen-bond donors (Lipinski definition) is 1. The number of aliphatic carboxylic acids is 1. The van der Waals surface area contributed by atoms with E-state index in [4.69, 9.17) is 0 Å². The Hall–Kier alpha value is -1.68. The van der Waals surface area contributed by atoms with E-state index in [2.05, 4.69) is 5.10 Å². The lowest BCUT2D eigenvalue weighted by molar-refractivity contribution is -0.129. The van der Waals surface area contributed by atoms with E-state index in [1.807, 2.05) is 31.3 Å². The van der Waals surface area contributed by atoms with Crippen LogP contribution in [-0.4, -0.2) is 29.9 Å². The van der Waals surface area contributed by atoms with Crippen LogP contribution in [0.15, 0.2) is 29.4 Å². The molecular weight excluding hydrogens is 240 g/mol. The summed E-state index contributed by atoms with van der Waals surface area (Å²) in [4.78, 5) is 11.4. The monoisotopic (exact) mass is 259 g/mol. The number of carbonyl (C=O) groups is 1. The first-order chi connectivity index (χ1) is 9.13. The van der Waals surface area contributed by atoms with Crippen molar-refractivity contribution >= 4 is 17.4 Å². The van der Waals surface area contributed by atoms with Crippen LogP contribution >= 0.6 is 0 Å². The molecular formula is C15H19N2O2+. The van der Waals surface area contributed by atoms with Crippen LogP contribution in [0.1, 0.15) is 37.7 Å². The van der Waals surface area contributed by atoms with Crippen molar-refractivity contribution in [1.82, 2.24) is 4.59 Å². The lowest BCUT2D eigenvalue weighted by Gasteiger charge is -2.35. The molecule has 1 atom stereocenters. The minimum atomic E-state index is -0.926. The van der Waals surface area contributed by atoms with Crippen LogP contribution in [0, 0.1) is 0 Å². The van der Waals surface area contributed by atoms with E-state index in [1.165, 1.54) is 19.3 Å². The Labute approximate surface area is 112 Å². The highest BCUT2D eigenvalue weighted by molar-refractivity contribution is 6.44. The molecule has 0 saturated heterocycles. The predicted octanol–water partition coefficient (Wildman–Crippen LogP) is 2.76. The summed E-state index contributed by atoms with van der Waals surface area (Å²) in [5.74, 6) is -0.926. The molecule has 1 aliphatic carbocycles. The fourth-order valence-electron chi connectivity index (χ4n) is 3.40. The third kappa shape index (κ3) is 1.87. The molecule has 1 fully saturated rings. The molecule has 0 amide bonds. The number of fused-ring (bicyclic) bond motifs is 1. The van der Waals surface area contributed by atoms with Gasteiger partial charge in [0.2, 0.25) is 5.71 Å². The SMILES string of the molecule is C[N+]1(C2CCCCC2)N=C(C(=O)O)c2ccccc21. The Morgan fingerprint density at radius 3 is 2.63 bits per heavy atom. The zero-order valence-electron chi connectivity index (χ0n) is 11.2. The lowest BCUT2D eigenvalue weighted by Crippen LogP contribution is -2.48. The van der Waals surface area contributed by atoms with E-state index in [9.17, 15) is 9.90 Å². The fourth-order valence-corrected chi connectivity index (χ4v) is 3.40. The number of benzene rings is 1. The van der Waals surface area contributed by atoms with Gasteiger partial charge in [-0.05, 0) is 18.9 Å². The molecule has 0 bridgehead atoms. The van der Waals surface area contributed by atoms with E-state index in [0.29, 0.717) is 10.6 Å². The lowest BCUT2D eigenvalue weighted by atomic mass is 9.93. The molecule has 4 heteroatoms. The Kier molecular flexibility index (Phi) is 2.90. The van der Waals surface area contributed by atoms with E-state index < -0.39 is 5.97 Å². The second-order valence-electron chi connectivity index (χ2n) is 5.59. The molecule has 0 radical (unpaired) electrons. The van der Waals surface area contributed by atoms with Crippen LogP contribution in [-0.2, 0) is 4.79 Å². The zero-order valence-corrected chi connectivity index (χ0v) is 11.2. The minimum absolute atomic E-state index is 0.212. The maximum Gasteiger partial charge on any atom is 0.360 e. The third-order valence-electron chi connectivity index (χ3n) is 4.44. The smallest absolute Gasteiger partial charge is 0.360 e. The molecule has 4 nitrogen and oxygen atoms in total. The molecule has 1 heterocycles. The van der Waals surface area contributed by atoms with Crippen molar-refractivity contribution in [2.45, 2.75) is 38.1 Å². The Morgan fingerprint density at radius 1 is 1.26 bits per heavy atom. The van der Waals surface area contributed by atoms with Crippen LogP contribution in [0.25, 0.3) is 0 Å². The topological polar surface area (TPSA) is 49.7 Å². The van der Waals surface area contributed by atoms with Gasteiger partial charge in [0.1, 0.15) is 6.04 Å². The summed E-state index contributed by atoms with van der Waals surface area (Å²) in [6, 6.07) is 8.15. The summed E-state index contributed by atoms with van der Waals surface area (Å²) in [6.45, 7) is 0. The standard InChI is InChI=1S/C15H18N2O2/c1-17(11-7-3-2-4-8-11)13-10-6-5-9-12(13)14(16-17)15(18)19/h5-6,9-11H,2-4,7-8H2,1H3/p+1. The number of hydrogen-bond acceptors (Lipinski definition) is 2. The van der Waals surface area contributed by atoms with Crippen molar-refractivity contribution in [3.05, 3.63) is 29.8 Å². The number of carboxylic acid groups (broad SMARTS) is 1. The van der Waals surface area contributed by atoms with Gasteiger partial charge in [-0.2, -0.15) is 4.59 Å². The summed E-state index contributed by atoms with van der Waals surface area (Å²) in [5.41, 5.74) is 2.03. The van der Waals surface area contributed by atoms with Gasteiger partial charge < -0.3 is 5.11 Å². The largest absolute Gasteiger partial charge is 0.476 e. The van der Waals surface area contributed by atoms with Crippen molar-refractivity contribution in [2.24, 2.45) is 5.10 Å². The van der Waals surface area contributed by atoms with Crippen LogP contribution in [0.5, 0.6) is 0 Å². The quantitative estimate of drug-likeness (QED) is 0.830. The van der Waals surface area contributed by atoms with E-state index >= 15 is 0 Å². The number of nitrogens with zero attached hydrogens (tertiary/aromatic N) is 2. The second kappa shape index (κ2) is 4.46. The van der Waals surface area contributed by atoms with Crippen molar-refractivity contribution in [2.75, 3.05) is 7.05 Å². The van der Waals surface area contributed by atoms with Gasteiger partial charge in [0.15, 0.2) is 5.69 Å². The minimum Gasteiger partial charge on any atom is -0.476 e. The normalized spacial score (nSPS) is 26.9. The summed E-state index contributed by atoms with van der Waals surface area (Å²) < 4.78 is 0.414. The molecule has 1 aromatic carbocycles. The number of quaternary nitrogens is 1. The van der Waals surface area contributed by atoms with Crippen molar-refractivity contribution in [3.63, 3.8) is 0 Å². The highest BCUT2D eigenvalue weighted by Gasteiger charge is 2.45. The van der Waals surface area contributed by atoms with Crippen molar-refractivity contribution in [1.29, 1.82) is 0 Å². The molecule has 1 N–H and O–H groups in total. The second-order valence-corrected chi connectivity index (χ2v) is 5.59. The van der Waals surface area contributed by atoms with Crippen LogP contribution in [0.4, 0.5) is 5.69 Å². The van der Waals surface area contributed by atoms with Crippen molar-refractivity contribution in [3.8, 4) is 0 Å². The van der Waals surface area contributed by atoms with Crippen LogP contribution < -0.4 is 4.59 Å². The summed E-state index contributed by atoms with van der Waals surface area (Å²) in [5, 5.41) is 13.9. The van der Waals surface area contributed by atoms with E-state index in [1.54, 1.807) is 0 Å². The van der Waals surface area contributed by atoms with Gasteiger partial charge in [0, 0.05) is 18.9 Å². The average Bonchev–Trinajstić information content (AvgIpc) is 2.76. The molecule has 1 unspecified atom stereocenters. The first kappa shape index (κ1) is 12.4. The predicted molar refractivity (Wildman–Crippen MR) is 75.2 cm³/mol. The number of para-hydroxylation sites is 1. The molecule has 2 aliphatic rings. The van der Waals surface area contributed by atoms with Gasteiger partial charge in [-0.15, -0.1) is 0 Å². The van der Waals surface area contributed by atoms with E-state index in [0.717, 1.165) is 24.1 Å². The summed E-state index contributed by atoms with van der Waals surface area (Å²) in [7, 11) is 2.05. The fraction of sp³-hybridized carbons (Fsp3) is 0.467. The highest BCUT2D eigenvalue weighted by atomic mass is 16.4. The summed E-state index contributed by atoms with van der Waals surface area (Å²) in [6.07, 6.45) is 5.98. The molecule has 3 rings (SSSR count). The van der Waals surface area contributed by atoms with Crippen LogP contribution in [0.2, 0.25) is 0 Å². The maximum absolute atomic E-state index is 11.4.